The van der Waals surface area contributed by atoms with Crippen molar-refractivity contribution >= 4 is 17.1 Å². The largest absolute Gasteiger partial charge is 0.388 e. The summed E-state index contributed by atoms with van der Waals surface area (Å²) in [6, 6.07) is 17.6. The first-order chi connectivity index (χ1) is 11.0. The molecule has 0 bridgehead atoms. The number of rotatable bonds is 3. The first-order valence-corrected chi connectivity index (χ1v) is 8.35. The third-order valence-electron chi connectivity index (χ3n) is 4.67. The van der Waals surface area contributed by atoms with Crippen LogP contribution in [0.25, 0.3) is 0 Å². The van der Waals surface area contributed by atoms with Crippen LogP contribution in [0.2, 0.25) is 0 Å². The van der Waals surface area contributed by atoms with Crippen molar-refractivity contribution in [3.8, 4) is 0 Å². The average molecular weight is 309 g/mol. The molecule has 2 aromatic carbocycles. The molecule has 0 saturated heterocycles. The number of para-hydroxylation sites is 3. The Kier molecular flexibility index (Phi) is 4.20. The van der Waals surface area contributed by atoms with Crippen LogP contribution >= 0.6 is 0 Å². The van der Waals surface area contributed by atoms with E-state index < -0.39 is 0 Å². The summed E-state index contributed by atoms with van der Waals surface area (Å²) in [6.45, 7) is 8.84. The van der Waals surface area contributed by atoms with Gasteiger partial charge in [0.25, 0.3) is 0 Å². The van der Waals surface area contributed by atoms with E-state index in [1.54, 1.807) is 0 Å². The van der Waals surface area contributed by atoms with Crippen LogP contribution in [0.15, 0.2) is 48.5 Å². The number of benzene rings is 2. The summed E-state index contributed by atoms with van der Waals surface area (Å²) in [4.78, 5) is 2.50. The van der Waals surface area contributed by atoms with Gasteiger partial charge in [-0.2, -0.15) is 0 Å². The van der Waals surface area contributed by atoms with E-state index in [-0.39, 0.29) is 5.41 Å². The molecule has 0 unspecified atom stereocenters. The van der Waals surface area contributed by atoms with Gasteiger partial charge in [-0.25, -0.2) is 0 Å². The van der Waals surface area contributed by atoms with Crippen molar-refractivity contribution in [2.45, 2.75) is 33.4 Å². The van der Waals surface area contributed by atoms with E-state index in [1.165, 1.54) is 22.6 Å². The first kappa shape index (κ1) is 15.7. The number of hydrogen-bond donors (Lipinski definition) is 2. The minimum absolute atomic E-state index is 0.217. The molecule has 1 aliphatic rings. The monoisotopic (exact) mass is 309 g/mol. The van der Waals surface area contributed by atoms with Gasteiger partial charge < -0.3 is 15.5 Å². The average Bonchev–Trinajstić information content (AvgIpc) is 2.54. The van der Waals surface area contributed by atoms with Crippen molar-refractivity contribution < 1.29 is 0 Å². The molecule has 0 radical (unpaired) electrons. The fourth-order valence-electron chi connectivity index (χ4n) is 3.17. The second-order valence-corrected chi connectivity index (χ2v) is 7.37. The summed E-state index contributed by atoms with van der Waals surface area (Å²) in [7, 11) is 1.99. The van der Waals surface area contributed by atoms with E-state index in [2.05, 4.69) is 84.8 Å². The smallest absolute Gasteiger partial charge is 0.0605 e. The molecule has 2 N–H and O–H groups in total. The second-order valence-electron chi connectivity index (χ2n) is 7.37. The standard InChI is InChI=1S/C20H27N3/c1-20(2,3)19-14-23(18-12-8-7-11-17(18)22-19)13-15-9-5-6-10-16(15)21-4/h5-12,19,21-22H,13-14H2,1-4H3/t19-/m0/s1. The molecule has 1 atom stereocenters. The summed E-state index contributed by atoms with van der Waals surface area (Å²) >= 11 is 0. The SMILES string of the molecule is CNc1ccccc1CN1C[C@@H](C(C)(C)C)Nc2ccccc21. The molecule has 2 aromatic rings. The minimum atomic E-state index is 0.217. The van der Waals surface area contributed by atoms with Crippen LogP contribution in [-0.2, 0) is 6.54 Å². The van der Waals surface area contributed by atoms with Gasteiger partial charge in [-0.05, 0) is 29.2 Å². The number of anilines is 3. The Labute approximate surface area is 139 Å². The third kappa shape index (κ3) is 3.29. The van der Waals surface area contributed by atoms with Gasteiger partial charge in [0.15, 0.2) is 0 Å². The molecule has 0 spiro atoms. The van der Waals surface area contributed by atoms with E-state index in [4.69, 9.17) is 0 Å². The summed E-state index contributed by atoms with van der Waals surface area (Å²) < 4.78 is 0. The number of nitrogens with one attached hydrogen (secondary N) is 2. The van der Waals surface area contributed by atoms with Gasteiger partial charge in [-0.15, -0.1) is 0 Å². The molecule has 0 fully saturated rings. The van der Waals surface area contributed by atoms with Gasteiger partial charge in [0, 0.05) is 31.9 Å². The lowest BCUT2D eigenvalue weighted by atomic mass is 9.85. The molecule has 122 valence electrons. The Morgan fingerprint density at radius 1 is 1.09 bits per heavy atom. The van der Waals surface area contributed by atoms with Gasteiger partial charge in [-0.1, -0.05) is 51.1 Å². The van der Waals surface area contributed by atoms with Crippen LogP contribution in [-0.4, -0.2) is 19.6 Å². The quantitative estimate of drug-likeness (QED) is 0.869. The molecule has 1 aliphatic heterocycles. The van der Waals surface area contributed by atoms with Crippen molar-refractivity contribution in [2.24, 2.45) is 5.41 Å². The first-order valence-electron chi connectivity index (χ1n) is 8.35. The Morgan fingerprint density at radius 2 is 1.78 bits per heavy atom. The lowest BCUT2D eigenvalue weighted by Crippen LogP contribution is -2.47. The van der Waals surface area contributed by atoms with E-state index in [0.29, 0.717) is 6.04 Å². The molecule has 0 aliphatic carbocycles. The Balaban J connectivity index is 1.94. The summed E-state index contributed by atoms with van der Waals surface area (Å²) in [5.41, 5.74) is 5.28. The van der Waals surface area contributed by atoms with E-state index in [0.717, 1.165) is 13.1 Å². The molecule has 3 nitrogen and oxygen atoms in total. The normalized spacial score (nSPS) is 17.4. The predicted molar refractivity (Wildman–Crippen MR) is 100 cm³/mol. The number of hydrogen-bond acceptors (Lipinski definition) is 3. The molecule has 0 aromatic heterocycles. The molecule has 23 heavy (non-hydrogen) atoms. The lowest BCUT2D eigenvalue weighted by Gasteiger charge is -2.43. The molecule has 0 saturated carbocycles. The van der Waals surface area contributed by atoms with Gasteiger partial charge in [0.2, 0.25) is 0 Å². The Morgan fingerprint density at radius 3 is 2.52 bits per heavy atom. The summed E-state index contributed by atoms with van der Waals surface area (Å²) in [5, 5.41) is 7.03. The van der Waals surface area contributed by atoms with E-state index >= 15 is 0 Å². The van der Waals surface area contributed by atoms with Crippen LogP contribution in [0.1, 0.15) is 26.3 Å². The zero-order valence-electron chi connectivity index (χ0n) is 14.6. The van der Waals surface area contributed by atoms with Crippen LogP contribution in [0.4, 0.5) is 17.1 Å². The third-order valence-corrected chi connectivity index (χ3v) is 4.67. The highest BCUT2D eigenvalue weighted by Crippen LogP contribution is 2.36. The van der Waals surface area contributed by atoms with Crippen molar-refractivity contribution in [3.05, 3.63) is 54.1 Å². The van der Waals surface area contributed by atoms with Gasteiger partial charge in [0.05, 0.1) is 11.4 Å². The fraction of sp³-hybridized carbons (Fsp3) is 0.400. The zero-order chi connectivity index (χ0) is 16.4. The maximum absolute atomic E-state index is 3.72. The number of nitrogens with zero attached hydrogens (tertiary/aromatic N) is 1. The minimum Gasteiger partial charge on any atom is -0.388 e. The fourth-order valence-corrected chi connectivity index (χ4v) is 3.17. The van der Waals surface area contributed by atoms with Crippen LogP contribution in [0.3, 0.4) is 0 Å². The molecular formula is C20H27N3. The van der Waals surface area contributed by atoms with Crippen molar-refractivity contribution in [1.29, 1.82) is 0 Å². The highest BCUT2D eigenvalue weighted by atomic mass is 15.2. The molecule has 0 amide bonds. The van der Waals surface area contributed by atoms with E-state index in [9.17, 15) is 0 Å². The lowest BCUT2D eigenvalue weighted by molar-refractivity contribution is 0.335. The highest BCUT2D eigenvalue weighted by Gasteiger charge is 2.31. The topological polar surface area (TPSA) is 27.3 Å². The van der Waals surface area contributed by atoms with Gasteiger partial charge in [0.1, 0.15) is 0 Å². The van der Waals surface area contributed by atoms with Crippen molar-refractivity contribution in [2.75, 3.05) is 29.1 Å². The maximum atomic E-state index is 3.72. The Hall–Kier alpha value is -2.16. The Bertz CT molecular complexity index is 673. The number of fused-ring (bicyclic) bond motifs is 1. The maximum Gasteiger partial charge on any atom is 0.0605 e. The van der Waals surface area contributed by atoms with Crippen LogP contribution < -0.4 is 15.5 Å². The summed E-state index contributed by atoms with van der Waals surface area (Å²) in [6.07, 6.45) is 0. The van der Waals surface area contributed by atoms with Gasteiger partial charge >= 0.3 is 0 Å². The predicted octanol–water partition coefficient (Wildman–Crippen LogP) is 4.58. The van der Waals surface area contributed by atoms with Crippen molar-refractivity contribution in [3.63, 3.8) is 0 Å². The molecular weight excluding hydrogens is 282 g/mol. The summed E-state index contributed by atoms with van der Waals surface area (Å²) in [5.74, 6) is 0. The zero-order valence-corrected chi connectivity index (χ0v) is 14.6. The van der Waals surface area contributed by atoms with Crippen LogP contribution in [0, 0.1) is 5.41 Å². The highest BCUT2D eigenvalue weighted by molar-refractivity contribution is 5.73. The second kappa shape index (κ2) is 6.15. The van der Waals surface area contributed by atoms with Crippen LogP contribution in [0.5, 0.6) is 0 Å². The van der Waals surface area contributed by atoms with E-state index in [1.807, 2.05) is 7.05 Å². The molecule has 3 rings (SSSR count). The molecule has 1 heterocycles. The molecule has 3 heteroatoms. The van der Waals surface area contributed by atoms with Gasteiger partial charge in [-0.3, -0.25) is 0 Å². The van der Waals surface area contributed by atoms with Crippen molar-refractivity contribution in [1.82, 2.24) is 0 Å².